The lowest BCUT2D eigenvalue weighted by Crippen LogP contribution is -2.53. The van der Waals surface area contributed by atoms with E-state index < -0.39 is 17.6 Å². The minimum atomic E-state index is -2.79. The molecule has 194 valence electrons. The van der Waals surface area contributed by atoms with Crippen molar-refractivity contribution < 1.29 is 26.6 Å². The molecule has 0 bridgehead atoms. The van der Waals surface area contributed by atoms with Crippen molar-refractivity contribution in [3.8, 4) is 0 Å². The molecule has 0 aromatic carbocycles. The van der Waals surface area contributed by atoms with Crippen LogP contribution in [0, 0.1) is 0 Å². The second-order valence-corrected chi connectivity index (χ2v) is 13.9. The summed E-state index contributed by atoms with van der Waals surface area (Å²) in [7, 11) is 1.16. The van der Waals surface area contributed by atoms with E-state index in [1.165, 1.54) is 0 Å². The molecule has 32 heavy (non-hydrogen) atoms. The van der Waals surface area contributed by atoms with Gasteiger partial charge in [0.25, 0.3) is 0 Å². The van der Waals surface area contributed by atoms with Crippen LogP contribution in [-0.2, 0) is 26.6 Å². The molecule has 2 atom stereocenters. The molecule has 0 saturated heterocycles. The van der Waals surface area contributed by atoms with E-state index in [0.29, 0.717) is 0 Å². The zero-order chi connectivity index (χ0) is 24.6. The van der Waals surface area contributed by atoms with Gasteiger partial charge in [-0.3, -0.25) is 0 Å². The van der Waals surface area contributed by atoms with E-state index in [2.05, 4.69) is 37.5 Å². The molecule has 0 spiro atoms. The van der Waals surface area contributed by atoms with E-state index in [1.807, 2.05) is 13.8 Å². The van der Waals surface area contributed by atoms with Gasteiger partial charge >= 0.3 is 17.6 Å². The summed E-state index contributed by atoms with van der Waals surface area (Å²) in [6.07, 6.45) is 1.51. The minimum absolute atomic E-state index is 0.213. The normalized spacial score (nSPS) is 15.0. The number of nitrogens with zero attached hydrogens (tertiary/aromatic N) is 2. The van der Waals surface area contributed by atoms with Crippen LogP contribution in [0.2, 0.25) is 12.1 Å². The Hall–Kier alpha value is 0.114. The maximum Gasteiger partial charge on any atom is 0.500 e. The number of hydrogen-bond acceptors (Lipinski definition) is 8. The maximum atomic E-state index is 6.41. The van der Waals surface area contributed by atoms with E-state index >= 15 is 0 Å². The first-order valence-corrected chi connectivity index (χ1v) is 16.1. The maximum absolute atomic E-state index is 6.41. The van der Waals surface area contributed by atoms with Crippen LogP contribution in [0.4, 0.5) is 0 Å². The van der Waals surface area contributed by atoms with E-state index in [0.717, 1.165) is 64.2 Å². The molecule has 0 rings (SSSR count). The Labute approximate surface area is 200 Å². The zero-order valence-corrected chi connectivity index (χ0v) is 24.6. The fourth-order valence-electron chi connectivity index (χ4n) is 3.76. The van der Waals surface area contributed by atoms with E-state index in [4.69, 9.17) is 26.6 Å². The summed E-state index contributed by atoms with van der Waals surface area (Å²) in [6, 6.07) is 1.54. The average molecular weight is 497 g/mol. The Bertz CT molecular complexity index is 408. The number of rotatable bonds is 21. The van der Waals surface area contributed by atoms with Crippen molar-refractivity contribution in [1.29, 1.82) is 0 Å². The number of hydrogen-bond donors (Lipinski definition) is 0. The zero-order valence-electron chi connectivity index (χ0n) is 22.6. The van der Waals surface area contributed by atoms with Crippen molar-refractivity contribution in [2.75, 3.05) is 67.7 Å². The molecule has 0 saturated carbocycles. The largest absolute Gasteiger partial charge is 0.500 e. The highest BCUT2D eigenvalue weighted by molar-refractivity contribution is 6.61. The monoisotopic (exact) mass is 496 g/mol. The first-order chi connectivity index (χ1) is 15.2. The van der Waals surface area contributed by atoms with Crippen LogP contribution in [0.1, 0.15) is 54.4 Å². The highest BCUT2D eigenvalue weighted by Gasteiger charge is 2.45. The molecule has 0 amide bonds. The second kappa shape index (κ2) is 17.5. The second-order valence-electron chi connectivity index (χ2n) is 8.09. The molecular formula is C22H52N2O6Si2. The summed E-state index contributed by atoms with van der Waals surface area (Å²) in [5.41, 5.74) is 0. The summed E-state index contributed by atoms with van der Waals surface area (Å²) in [4.78, 5) is 4.80. The van der Waals surface area contributed by atoms with Crippen molar-refractivity contribution in [1.82, 2.24) is 9.80 Å². The van der Waals surface area contributed by atoms with E-state index in [9.17, 15) is 0 Å². The van der Waals surface area contributed by atoms with Gasteiger partial charge in [-0.05, 0) is 66.0 Å². The van der Waals surface area contributed by atoms with Crippen molar-refractivity contribution in [2.24, 2.45) is 0 Å². The molecular weight excluding hydrogens is 444 g/mol. The lowest BCUT2D eigenvalue weighted by Gasteiger charge is -2.36. The summed E-state index contributed by atoms with van der Waals surface area (Å²) in [5.74, 6) is 0. The highest BCUT2D eigenvalue weighted by Crippen LogP contribution is 2.24. The Morgan fingerprint density at radius 3 is 1.06 bits per heavy atom. The predicted molar refractivity (Wildman–Crippen MR) is 135 cm³/mol. The predicted octanol–water partition coefficient (Wildman–Crippen LogP) is 3.72. The topological polar surface area (TPSA) is 61.9 Å². The summed E-state index contributed by atoms with van der Waals surface area (Å²) < 4.78 is 36.1. The fourth-order valence-corrected chi connectivity index (χ4v) is 8.23. The molecule has 10 heteroatoms. The summed E-state index contributed by atoms with van der Waals surface area (Å²) in [5, 5.41) is 0. The minimum Gasteiger partial charge on any atom is -0.377 e. The molecule has 0 radical (unpaired) electrons. The molecule has 0 heterocycles. The first-order valence-electron chi connectivity index (χ1n) is 12.3. The molecule has 2 unspecified atom stereocenters. The summed E-state index contributed by atoms with van der Waals surface area (Å²) in [6.45, 7) is 18.9. The Balaban J connectivity index is 4.99. The quantitative estimate of drug-likeness (QED) is 0.223. The molecule has 0 aromatic heterocycles. The lowest BCUT2D eigenvalue weighted by molar-refractivity contribution is -0.0245. The molecule has 0 N–H and O–H groups in total. The van der Waals surface area contributed by atoms with Crippen LogP contribution in [0.25, 0.3) is 0 Å². The van der Waals surface area contributed by atoms with Gasteiger partial charge in [0, 0.05) is 40.5 Å². The van der Waals surface area contributed by atoms with Gasteiger partial charge in [0.15, 0.2) is 0 Å². The lowest BCUT2D eigenvalue weighted by atomic mass is 10.3. The van der Waals surface area contributed by atoms with Gasteiger partial charge < -0.3 is 36.4 Å². The van der Waals surface area contributed by atoms with Gasteiger partial charge in [-0.15, -0.1) is 0 Å². The van der Waals surface area contributed by atoms with Crippen molar-refractivity contribution in [3.05, 3.63) is 0 Å². The fraction of sp³-hybridized carbons (Fsp3) is 1.00. The van der Waals surface area contributed by atoms with Gasteiger partial charge in [0.05, 0.1) is 12.2 Å². The van der Waals surface area contributed by atoms with Crippen LogP contribution >= 0.6 is 0 Å². The molecule has 0 aliphatic carbocycles. The smallest absolute Gasteiger partial charge is 0.377 e. The molecule has 8 nitrogen and oxygen atoms in total. The molecule has 0 fully saturated rings. The SMILES string of the molecule is CCN(CC)CCC[Si](OC)(OC)OC(C)C(C)O[Si](CCCN(CC)CC)(OC)OC. The van der Waals surface area contributed by atoms with Gasteiger partial charge in [0.2, 0.25) is 0 Å². The van der Waals surface area contributed by atoms with Crippen LogP contribution in [0.15, 0.2) is 0 Å². The third-order valence-corrected chi connectivity index (χ3v) is 12.2. The van der Waals surface area contributed by atoms with Gasteiger partial charge in [-0.25, -0.2) is 0 Å². The van der Waals surface area contributed by atoms with Crippen LogP contribution in [0.5, 0.6) is 0 Å². The Morgan fingerprint density at radius 1 is 0.562 bits per heavy atom. The van der Waals surface area contributed by atoms with Gasteiger partial charge in [-0.1, -0.05) is 27.7 Å². The van der Waals surface area contributed by atoms with Gasteiger partial charge in [0.1, 0.15) is 0 Å². The molecule has 0 aliphatic rings. The molecule has 0 aromatic rings. The van der Waals surface area contributed by atoms with Crippen LogP contribution < -0.4 is 0 Å². The van der Waals surface area contributed by atoms with Crippen molar-refractivity contribution in [3.63, 3.8) is 0 Å². The Morgan fingerprint density at radius 2 is 0.844 bits per heavy atom. The third kappa shape index (κ3) is 11.0. The van der Waals surface area contributed by atoms with Gasteiger partial charge in [-0.2, -0.15) is 0 Å². The van der Waals surface area contributed by atoms with E-state index in [1.54, 1.807) is 28.4 Å². The standard InChI is InChI=1S/C22H52N2O6Si2/c1-11-23(12-2)17-15-19-31(25-7,26-8)29-21(5)22(6)30-32(27-9,28-10)20-16-18-24(13-3)14-4/h21-22H,11-20H2,1-10H3. The van der Waals surface area contributed by atoms with Crippen LogP contribution in [0.3, 0.4) is 0 Å². The summed E-state index contributed by atoms with van der Waals surface area (Å²) >= 11 is 0. The first kappa shape index (κ1) is 32.1. The van der Waals surface area contributed by atoms with Crippen LogP contribution in [-0.4, -0.2) is 107 Å². The molecule has 0 aliphatic heterocycles. The highest BCUT2D eigenvalue weighted by atomic mass is 28.4. The van der Waals surface area contributed by atoms with Crippen molar-refractivity contribution >= 4 is 17.6 Å². The third-order valence-electron chi connectivity index (χ3n) is 6.34. The Kier molecular flexibility index (Phi) is 17.6. The van der Waals surface area contributed by atoms with Crippen molar-refractivity contribution in [2.45, 2.75) is 78.7 Å². The van der Waals surface area contributed by atoms with E-state index in [-0.39, 0.29) is 12.2 Å². The average Bonchev–Trinajstić information content (AvgIpc) is 2.82.